The molecule has 320 valence electrons. The van der Waals surface area contributed by atoms with Crippen molar-refractivity contribution in [2.75, 3.05) is 14.7 Å². The van der Waals surface area contributed by atoms with E-state index in [0.29, 0.717) is 0 Å². The monoisotopic (exact) mass is 873 g/mol. The third-order valence-corrected chi connectivity index (χ3v) is 13.7. The number of hydrogen-bond acceptors (Lipinski definition) is 6. The molecule has 0 spiro atoms. The van der Waals surface area contributed by atoms with Crippen LogP contribution >= 0.6 is 0 Å². The first-order valence-corrected chi connectivity index (χ1v) is 23.1. The summed E-state index contributed by atoms with van der Waals surface area (Å²) in [6, 6.07) is 79.2. The van der Waals surface area contributed by atoms with Gasteiger partial charge in [0.2, 0.25) is 0 Å². The average molecular weight is 874 g/mol. The molecule has 68 heavy (non-hydrogen) atoms. The summed E-state index contributed by atoms with van der Waals surface area (Å²) >= 11 is 0. The molecule has 2 aromatic heterocycles. The van der Waals surface area contributed by atoms with Crippen molar-refractivity contribution in [1.29, 1.82) is 0 Å². The third kappa shape index (κ3) is 5.99. The standard InChI is InChI=1S/C61H40BN3O3/c1-39-31-54-61-60(32-39)68-59-36-50-48-30-28-46(64(42-21-11-4-12-22-42)43-23-13-5-14-24-43)34-56(48)67-58(50)38-52(59)62(61)51-37-57-49(35-53(51)65(54)44-25-15-6-16-26-44)47-29-27-45(33-55(47)66-57)63(40-17-7-2-8-18-40)41-19-9-3-10-20-41/h2-38H,1H3. The van der Waals surface area contributed by atoms with E-state index in [2.05, 4.69) is 234 Å². The van der Waals surface area contributed by atoms with E-state index >= 15 is 0 Å². The number of rotatable bonds is 7. The molecule has 7 heteroatoms. The molecule has 0 atom stereocenters. The second-order valence-electron chi connectivity index (χ2n) is 17.8. The summed E-state index contributed by atoms with van der Waals surface area (Å²) in [6.07, 6.45) is 0. The normalized spacial score (nSPS) is 12.5. The Morgan fingerprint density at radius 1 is 0.368 bits per heavy atom. The Bertz CT molecular complexity index is 3830. The number of fused-ring (bicyclic) bond motifs is 10. The molecule has 0 saturated carbocycles. The van der Waals surface area contributed by atoms with Gasteiger partial charge >= 0.3 is 0 Å². The van der Waals surface area contributed by atoms with Crippen LogP contribution < -0.4 is 35.8 Å². The highest BCUT2D eigenvalue weighted by molar-refractivity contribution is 6.99. The Kier molecular flexibility index (Phi) is 8.49. The third-order valence-electron chi connectivity index (χ3n) is 13.7. The quantitative estimate of drug-likeness (QED) is 0.149. The molecule has 4 heterocycles. The molecule has 0 N–H and O–H groups in total. The minimum Gasteiger partial charge on any atom is -0.458 e. The molecule has 0 bridgehead atoms. The van der Waals surface area contributed by atoms with Crippen LogP contribution in [0.25, 0.3) is 43.9 Å². The molecule has 2 aliphatic rings. The lowest BCUT2D eigenvalue weighted by atomic mass is 9.34. The smallest absolute Gasteiger partial charge is 0.256 e. The van der Waals surface area contributed by atoms with Gasteiger partial charge in [-0.05, 0) is 150 Å². The molecule has 6 nitrogen and oxygen atoms in total. The molecular weight excluding hydrogens is 834 g/mol. The van der Waals surface area contributed by atoms with Crippen LogP contribution in [0.4, 0.5) is 51.2 Å². The average Bonchev–Trinajstić information content (AvgIpc) is 3.93. The Hall–Kier alpha value is -8.94. The van der Waals surface area contributed by atoms with Crippen molar-refractivity contribution in [3.8, 4) is 11.5 Å². The fourth-order valence-electron chi connectivity index (χ4n) is 10.7. The number of nitrogens with zero attached hydrogens (tertiary/aromatic N) is 3. The number of hydrogen-bond donors (Lipinski definition) is 0. The zero-order chi connectivity index (χ0) is 44.9. The van der Waals surface area contributed by atoms with E-state index in [1.165, 1.54) is 0 Å². The lowest BCUT2D eigenvalue weighted by Gasteiger charge is -2.40. The molecule has 0 radical (unpaired) electrons. The predicted molar refractivity (Wildman–Crippen MR) is 281 cm³/mol. The maximum atomic E-state index is 7.05. The van der Waals surface area contributed by atoms with Crippen molar-refractivity contribution < 1.29 is 13.6 Å². The molecule has 0 amide bonds. The maximum Gasteiger partial charge on any atom is 0.256 e. The van der Waals surface area contributed by atoms with E-state index in [9.17, 15) is 0 Å². The van der Waals surface area contributed by atoms with E-state index < -0.39 is 0 Å². The first-order valence-electron chi connectivity index (χ1n) is 23.1. The molecule has 0 fully saturated rings. The van der Waals surface area contributed by atoms with Crippen molar-refractivity contribution in [1.82, 2.24) is 0 Å². The van der Waals surface area contributed by atoms with Gasteiger partial charge in [0, 0.05) is 84.9 Å². The highest BCUT2D eigenvalue weighted by Gasteiger charge is 2.43. The van der Waals surface area contributed by atoms with Crippen LogP contribution in [0.15, 0.2) is 233 Å². The zero-order valence-corrected chi connectivity index (χ0v) is 37.0. The van der Waals surface area contributed by atoms with Crippen LogP contribution in [0, 0.1) is 6.92 Å². The lowest BCUT2D eigenvalue weighted by Crippen LogP contribution is -2.59. The van der Waals surface area contributed by atoms with Gasteiger partial charge in [-0.2, -0.15) is 0 Å². The summed E-state index contributed by atoms with van der Waals surface area (Å²) in [5.41, 5.74) is 17.3. The SMILES string of the molecule is Cc1cc2c3c(c1)N(c1ccccc1)c1cc4c(cc1B3c1cc3oc5cc(N(c6ccccc6)c6ccccc6)ccc5c3cc1O2)oc1cc(N(c2ccccc2)c2ccccc2)ccc14. The lowest BCUT2D eigenvalue weighted by molar-refractivity contribution is 0.487. The molecule has 14 rings (SSSR count). The Morgan fingerprint density at radius 3 is 1.34 bits per heavy atom. The van der Waals surface area contributed by atoms with Crippen LogP contribution in [0.3, 0.4) is 0 Å². The van der Waals surface area contributed by atoms with Crippen LogP contribution in [0.1, 0.15) is 5.56 Å². The van der Waals surface area contributed by atoms with Crippen LogP contribution in [-0.2, 0) is 0 Å². The Balaban J connectivity index is 0.958. The van der Waals surface area contributed by atoms with Gasteiger partial charge in [-0.1, -0.05) is 91.0 Å². The fraction of sp³-hybridized carbons (Fsp3) is 0.0164. The largest absolute Gasteiger partial charge is 0.458 e. The van der Waals surface area contributed by atoms with Gasteiger partial charge < -0.3 is 28.3 Å². The number of benzene rings is 10. The van der Waals surface area contributed by atoms with Gasteiger partial charge in [0.05, 0.1) is 0 Å². The van der Waals surface area contributed by atoms with E-state index in [0.717, 1.165) is 129 Å². The Labute approximate surface area is 393 Å². The second-order valence-corrected chi connectivity index (χ2v) is 17.8. The van der Waals surface area contributed by atoms with E-state index in [-0.39, 0.29) is 6.71 Å². The first-order chi connectivity index (χ1) is 33.6. The molecule has 10 aromatic carbocycles. The molecule has 2 aliphatic heterocycles. The minimum absolute atomic E-state index is 0.168. The van der Waals surface area contributed by atoms with E-state index in [1.54, 1.807) is 0 Å². The van der Waals surface area contributed by atoms with Gasteiger partial charge in [-0.15, -0.1) is 0 Å². The highest BCUT2D eigenvalue weighted by Crippen LogP contribution is 2.46. The van der Waals surface area contributed by atoms with Crippen LogP contribution in [0.2, 0.25) is 0 Å². The number of ether oxygens (including phenoxy) is 1. The van der Waals surface area contributed by atoms with Crippen molar-refractivity contribution in [2.45, 2.75) is 6.92 Å². The molecule has 0 aliphatic carbocycles. The summed E-state index contributed by atoms with van der Waals surface area (Å²) in [4.78, 5) is 6.94. The van der Waals surface area contributed by atoms with Crippen molar-refractivity contribution in [3.63, 3.8) is 0 Å². The van der Waals surface area contributed by atoms with Crippen LogP contribution in [-0.4, -0.2) is 6.71 Å². The minimum atomic E-state index is -0.168. The topological polar surface area (TPSA) is 45.2 Å². The fourth-order valence-corrected chi connectivity index (χ4v) is 10.7. The summed E-state index contributed by atoms with van der Waals surface area (Å²) in [5.74, 6) is 1.68. The predicted octanol–water partition coefficient (Wildman–Crippen LogP) is 15.1. The summed E-state index contributed by atoms with van der Waals surface area (Å²) < 4.78 is 20.9. The van der Waals surface area contributed by atoms with Gasteiger partial charge in [-0.3, -0.25) is 0 Å². The van der Waals surface area contributed by atoms with Crippen molar-refractivity contribution in [2.24, 2.45) is 0 Å². The van der Waals surface area contributed by atoms with Gasteiger partial charge in [0.1, 0.15) is 33.8 Å². The summed E-state index contributed by atoms with van der Waals surface area (Å²) in [5, 5.41) is 4.17. The van der Waals surface area contributed by atoms with Gasteiger partial charge in [0.15, 0.2) is 0 Å². The van der Waals surface area contributed by atoms with Crippen molar-refractivity contribution >= 4 is 118 Å². The van der Waals surface area contributed by atoms with Gasteiger partial charge in [-0.25, -0.2) is 0 Å². The summed E-state index contributed by atoms with van der Waals surface area (Å²) in [6.45, 7) is 1.99. The van der Waals surface area contributed by atoms with Crippen LogP contribution in [0.5, 0.6) is 11.5 Å². The molecular formula is C61H40BN3O3. The molecule has 0 saturated heterocycles. The molecule has 12 aromatic rings. The summed E-state index contributed by atoms with van der Waals surface area (Å²) in [7, 11) is 0. The maximum absolute atomic E-state index is 7.05. The van der Waals surface area contributed by atoms with E-state index in [4.69, 9.17) is 13.6 Å². The number of para-hydroxylation sites is 5. The number of furan rings is 2. The Morgan fingerprint density at radius 2 is 0.824 bits per heavy atom. The van der Waals surface area contributed by atoms with Gasteiger partial charge in [0.25, 0.3) is 6.71 Å². The van der Waals surface area contributed by atoms with E-state index in [1.807, 2.05) is 12.1 Å². The second kappa shape index (κ2) is 15.1. The van der Waals surface area contributed by atoms with Crippen molar-refractivity contribution in [3.05, 3.63) is 230 Å². The first kappa shape index (κ1) is 38.3. The molecule has 0 unspecified atom stereocenters. The highest BCUT2D eigenvalue weighted by atomic mass is 16.5. The zero-order valence-electron chi connectivity index (χ0n) is 37.0. The number of aryl methyl sites for hydroxylation is 1. The number of anilines is 9.